The normalized spacial score (nSPS) is 25.5. The summed E-state index contributed by atoms with van der Waals surface area (Å²) < 4.78 is 5.82. The van der Waals surface area contributed by atoms with E-state index in [9.17, 15) is 4.79 Å². The molecule has 144 valence electrons. The van der Waals surface area contributed by atoms with E-state index in [-0.39, 0.29) is 18.2 Å². The lowest BCUT2D eigenvalue weighted by Gasteiger charge is -2.35. The summed E-state index contributed by atoms with van der Waals surface area (Å²) >= 11 is 0. The van der Waals surface area contributed by atoms with Gasteiger partial charge in [-0.1, -0.05) is 43.9 Å². The van der Waals surface area contributed by atoms with Crippen LogP contribution in [0.15, 0.2) is 24.3 Å². The second-order valence-corrected chi connectivity index (χ2v) is 7.90. The van der Waals surface area contributed by atoms with Gasteiger partial charge in [-0.2, -0.15) is 0 Å². The predicted octanol–water partition coefficient (Wildman–Crippen LogP) is 4.14. The average molecular weight is 360 g/mol. The van der Waals surface area contributed by atoms with Crippen LogP contribution in [0, 0.1) is 0 Å². The molecule has 2 unspecified atom stereocenters. The third kappa shape index (κ3) is 5.71. The molecule has 2 amide bonds. The van der Waals surface area contributed by atoms with Crippen LogP contribution in [0.4, 0.5) is 10.5 Å². The van der Waals surface area contributed by atoms with Gasteiger partial charge in [0, 0.05) is 31.4 Å². The van der Waals surface area contributed by atoms with E-state index in [1.54, 1.807) is 0 Å². The molecule has 2 fully saturated rings. The number of hydrogen-bond acceptors (Lipinski definition) is 3. The molecule has 1 aromatic carbocycles. The molecular formula is C21H33N3O2. The molecule has 3 rings (SSSR count). The minimum absolute atomic E-state index is 0.0759. The molecule has 5 nitrogen and oxygen atoms in total. The number of carbonyl (C=O) groups is 1. The van der Waals surface area contributed by atoms with Gasteiger partial charge in [-0.25, -0.2) is 4.79 Å². The number of ether oxygens (including phenoxy) is 1. The lowest BCUT2D eigenvalue weighted by molar-refractivity contribution is -0.0704. The van der Waals surface area contributed by atoms with Crippen molar-refractivity contribution < 1.29 is 9.53 Å². The minimum atomic E-state index is -0.0759. The first-order chi connectivity index (χ1) is 12.6. The van der Waals surface area contributed by atoms with Crippen molar-refractivity contribution in [2.45, 2.75) is 77.2 Å². The molecule has 5 heteroatoms. The number of morpholine rings is 1. The van der Waals surface area contributed by atoms with Gasteiger partial charge in [-0.05, 0) is 38.3 Å². The molecule has 1 aliphatic heterocycles. The van der Waals surface area contributed by atoms with Gasteiger partial charge in [0.25, 0.3) is 0 Å². The molecule has 1 saturated heterocycles. The lowest BCUT2D eigenvalue weighted by atomic mass is 10.1. The van der Waals surface area contributed by atoms with Gasteiger partial charge in [0.2, 0.25) is 0 Å². The maximum Gasteiger partial charge on any atom is 0.319 e. The van der Waals surface area contributed by atoms with Crippen LogP contribution < -0.4 is 10.6 Å². The van der Waals surface area contributed by atoms with E-state index in [2.05, 4.69) is 35.4 Å². The van der Waals surface area contributed by atoms with E-state index in [0.717, 1.165) is 43.7 Å². The molecule has 2 aliphatic rings. The number of amides is 2. The largest absolute Gasteiger partial charge is 0.373 e. The van der Waals surface area contributed by atoms with Crippen LogP contribution in [-0.2, 0) is 11.3 Å². The molecule has 1 aromatic rings. The Labute approximate surface area is 157 Å². The number of rotatable bonds is 4. The highest BCUT2D eigenvalue weighted by Crippen LogP contribution is 2.21. The van der Waals surface area contributed by atoms with Crippen molar-refractivity contribution in [1.82, 2.24) is 10.2 Å². The molecule has 0 spiro atoms. The third-order valence-electron chi connectivity index (χ3n) is 5.35. The highest BCUT2D eigenvalue weighted by atomic mass is 16.5. The highest BCUT2D eigenvalue weighted by molar-refractivity contribution is 5.90. The summed E-state index contributed by atoms with van der Waals surface area (Å²) in [7, 11) is 0. The summed E-state index contributed by atoms with van der Waals surface area (Å²) in [6.07, 6.45) is 7.70. The van der Waals surface area contributed by atoms with Crippen LogP contribution in [-0.4, -0.2) is 42.3 Å². The zero-order chi connectivity index (χ0) is 18.4. The molecule has 0 radical (unpaired) electrons. The SMILES string of the molecule is CC1CN(Cc2ccccc2NC(=O)NC2CCCCCC2)CC(C)O1. The number of nitrogens with zero attached hydrogens (tertiary/aromatic N) is 1. The molecule has 1 saturated carbocycles. The summed E-state index contributed by atoms with van der Waals surface area (Å²) in [5.74, 6) is 0. The van der Waals surface area contributed by atoms with Crippen LogP contribution in [0.25, 0.3) is 0 Å². The van der Waals surface area contributed by atoms with E-state index in [1.165, 1.54) is 25.7 Å². The van der Waals surface area contributed by atoms with Crippen LogP contribution in [0.5, 0.6) is 0 Å². The first kappa shape index (κ1) is 19.2. The minimum Gasteiger partial charge on any atom is -0.373 e. The number of hydrogen-bond donors (Lipinski definition) is 2. The van der Waals surface area contributed by atoms with E-state index in [4.69, 9.17) is 4.74 Å². The van der Waals surface area contributed by atoms with Crippen molar-refractivity contribution in [2.75, 3.05) is 18.4 Å². The van der Waals surface area contributed by atoms with Gasteiger partial charge in [0.05, 0.1) is 12.2 Å². The number of anilines is 1. The zero-order valence-corrected chi connectivity index (χ0v) is 16.2. The standard InChI is InChI=1S/C21H33N3O2/c1-16-13-24(14-17(2)26-16)15-18-9-7-8-12-20(18)23-21(25)22-19-10-5-3-4-6-11-19/h7-9,12,16-17,19H,3-6,10-11,13-15H2,1-2H3,(H2,22,23,25). The van der Waals surface area contributed by atoms with Crippen molar-refractivity contribution in [2.24, 2.45) is 0 Å². The van der Waals surface area contributed by atoms with Gasteiger partial charge >= 0.3 is 6.03 Å². The Hall–Kier alpha value is -1.59. The van der Waals surface area contributed by atoms with Crippen molar-refractivity contribution in [3.05, 3.63) is 29.8 Å². The molecule has 26 heavy (non-hydrogen) atoms. The first-order valence-corrected chi connectivity index (χ1v) is 10.1. The Balaban J connectivity index is 1.58. The van der Waals surface area contributed by atoms with Crippen LogP contribution in [0.1, 0.15) is 57.9 Å². The van der Waals surface area contributed by atoms with Crippen molar-refractivity contribution in [3.8, 4) is 0 Å². The van der Waals surface area contributed by atoms with Gasteiger partial charge < -0.3 is 15.4 Å². The highest BCUT2D eigenvalue weighted by Gasteiger charge is 2.23. The van der Waals surface area contributed by atoms with Gasteiger partial charge in [-0.3, -0.25) is 4.90 Å². The number of para-hydroxylation sites is 1. The van der Waals surface area contributed by atoms with Crippen molar-refractivity contribution in [1.29, 1.82) is 0 Å². The Bertz CT molecular complexity index is 574. The van der Waals surface area contributed by atoms with Crippen LogP contribution in [0.2, 0.25) is 0 Å². The van der Waals surface area contributed by atoms with Crippen LogP contribution in [0.3, 0.4) is 0 Å². The third-order valence-corrected chi connectivity index (χ3v) is 5.35. The van der Waals surface area contributed by atoms with E-state index >= 15 is 0 Å². The molecular weight excluding hydrogens is 326 g/mol. The van der Waals surface area contributed by atoms with E-state index in [0.29, 0.717) is 6.04 Å². The maximum atomic E-state index is 12.5. The fourth-order valence-electron chi connectivity index (χ4n) is 4.20. The number of nitrogens with one attached hydrogen (secondary N) is 2. The number of carbonyl (C=O) groups excluding carboxylic acids is 1. The second-order valence-electron chi connectivity index (χ2n) is 7.90. The van der Waals surface area contributed by atoms with E-state index in [1.807, 2.05) is 18.2 Å². The quantitative estimate of drug-likeness (QED) is 0.795. The fraction of sp³-hybridized carbons (Fsp3) is 0.667. The Kier molecular flexibility index (Phi) is 6.92. The maximum absolute atomic E-state index is 12.5. The van der Waals surface area contributed by atoms with Gasteiger partial charge in [0.1, 0.15) is 0 Å². The van der Waals surface area contributed by atoms with Gasteiger partial charge in [0.15, 0.2) is 0 Å². The van der Waals surface area contributed by atoms with E-state index < -0.39 is 0 Å². The summed E-state index contributed by atoms with van der Waals surface area (Å²) in [6.45, 7) is 6.91. The van der Waals surface area contributed by atoms with Crippen molar-refractivity contribution in [3.63, 3.8) is 0 Å². The molecule has 1 aliphatic carbocycles. The van der Waals surface area contributed by atoms with Crippen molar-refractivity contribution >= 4 is 11.7 Å². The van der Waals surface area contributed by atoms with Crippen LogP contribution >= 0.6 is 0 Å². The second kappa shape index (κ2) is 9.38. The Morgan fingerprint density at radius 1 is 1.08 bits per heavy atom. The van der Waals surface area contributed by atoms with Gasteiger partial charge in [-0.15, -0.1) is 0 Å². The smallest absolute Gasteiger partial charge is 0.319 e. The number of benzene rings is 1. The molecule has 0 aromatic heterocycles. The summed E-state index contributed by atoms with van der Waals surface area (Å²) in [5.41, 5.74) is 2.07. The monoisotopic (exact) mass is 359 g/mol. The first-order valence-electron chi connectivity index (χ1n) is 10.1. The number of urea groups is 1. The molecule has 0 bridgehead atoms. The summed E-state index contributed by atoms with van der Waals surface area (Å²) in [5, 5.41) is 6.25. The molecule has 2 N–H and O–H groups in total. The lowest BCUT2D eigenvalue weighted by Crippen LogP contribution is -2.45. The Morgan fingerprint density at radius 3 is 2.42 bits per heavy atom. The predicted molar refractivity (Wildman–Crippen MR) is 105 cm³/mol. The zero-order valence-electron chi connectivity index (χ0n) is 16.2. The topological polar surface area (TPSA) is 53.6 Å². The molecule has 1 heterocycles. The summed E-state index contributed by atoms with van der Waals surface area (Å²) in [4.78, 5) is 14.9. The average Bonchev–Trinajstić information content (AvgIpc) is 2.84. The molecule has 2 atom stereocenters. The Morgan fingerprint density at radius 2 is 1.73 bits per heavy atom. The summed E-state index contributed by atoms with van der Waals surface area (Å²) in [6, 6.07) is 8.35. The fourth-order valence-corrected chi connectivity index (χ4v) is 4.20.